The highest BCUT2D eigenvalue weighted by Crippen LogP contribution is 2.29. The van der Waals surface area contributed by atoms with Gasteiger partial charge in [-0.25, -0.2) is 4.39 Å². The molecule has 7 heteroatoms. The van der Waals surface area contributed by atoms with Crippen molar-refractivity contribution < 1.29 is 18.7 Å². The first-order valence-corrected chi connectivity index (χ1v) is 8.74. The summed E-state index contributed by atoms with van der Waals surface area (Å²) in [6.07, 6.45) is 0. The Morgan fingerprint density at radius 3 is 2.36 bits per heavy atom. The molecule has 0 saturated heterocycles. The number of hydrazine groups is 1. The van der Waals surface area contributed by atoms with Crippen molar-refractivity contribution in [3.63, 3.8) is 0 Å². The Morgan fingerprint density at radius 1 is 0.893 bits per heavy atom. The van der Waals surface area contributed by atoms with E-state index >= 15 is 0 Å². The number of carbonyl (C=O) groups is 2. The van der Waals surface area contributed by atoms with Gasteiger partial charge in [0.1, 0.15) is 11.6 Å². The van der Waals surface area contributed by atoms with E-state index in [1.807, 2.05) is 42.5 Å². The van der Waals surface area contributed by atoms with Gasteiger partial charge in [-0.3, -0.25) is 20.4 Å². The van der Waals surface area contributed by atoms with Crippen molar-refractivity contribution in [1.82, 2.24) is 10.9 Å². The Hall–Kier alpha value is -3.38. The summed E-state index contributed by atoms with van der Waals surface area (Å²) in [7, 11) is 0. The molecule has 0 saturated carbocycles. The van der Waals surface area contributed by atoms with Gasteiger partial charge >= 0.3 is 0 Å². The van der Waals surface area contributed by atoms with Crippen LogP contribution in [0.3, 0.4) is 0 Å². The highest BCUT2D eigenvalue weighted by atomic mass is 35.5. The molecule has 0 heterocycles. The monoisotopic (exact) mass is 398 g/mol. The van der Waals surface area contributed by atoms with E-state index in [2.05, 4.69) is 10.9 Å². The minimum Gasteiger partial charge on any atom is -0.483 e. The molecule has 0 unspecified atom stereocenters. The average Bonchev–Trinajstić information content (AvgIpc) is 2.71. The molecule has 0 fully saturated rings. The van der Waals surface area contributed by atoms with E-state index in [0.717, 1.165) is 17.2 Å². The molecule has 2 amide bonds. The topological polar surface area (TPSA) is 67.4 Å². The Bertz CT molecular complexity index is 976. The van der Waals surface area contributed by atoms with Crippen molar-refractivity contribution in [2.24, 2.45) is 0 Å². The molecule has 0 aromatic heterocycles. The summed E-state index contributed by atoms with van der Waals surface area (Å²) in [5.41, 5.74) is 5.73. The molecule has 3 aromatic rings. The van der Waals surface area contributed by atoms with Gasteiger partial charge in [-0.1, -0.05) is 66.2 Å². The van der Waals surface area contributed by atoms with E-state index < -0.39 is 17.6 Å². The lowest BCUT2D eigenvalue weighted by Gasteiger charge is -2.12. The number of rotatable bonds is 5. The lowest BCUT2D eigenvalue weighted by molar-refractivity contribution is -0.123. The summed E-state index contributed by atoms with van der Waals surface area (Å²) in [4.78, 5) is 24.0. The molecule has 0 bridgehead atoms. The number of ether oxygens (including phenoxy) is 1. The largest absolute Gasteiger partial charge is 0.483 e. The Morgan fingerprint density at radius 2 is 1.61 bits per heavy atom. The summed E-state index contributed by atoms with van der Waals surface area (Å²) < 4.78 is 19.3. The molecule has 0 aliphatic heterocycles. The highest BCUT2D eigenvalue weighted by Gasteiger charge is 2.16. The third kappa shape index (κ3) is 4.66. The summed E-state index contributed by atoms with van der Waals surface area (Å²) in [5, 5.41) is -0.0558. The molecule has 5 nitrogen and oxygen atoms in total. The number of para-hydroxylation sites is 1. The van der Waals surface area contributed by atoms with Gasteiger partial charge in [0.15, 0.2) is 6.61 Å². The molecule has 0 spiro atoms. The van der Waals surface area contributed by atoms with Crippen molar-refractivity contribution in [2.75, 3.05) is 6.61 Å². The van der Waals surface area contributed by atoms with Crippen molar-refractivity contribution in [3.8, 4) is 16.9 Å². The predicted octanol–water partition coefficient (Wildman–Crippen LogP) is 3.99. The highest BCUT2D eigenvalue weighted by molar-refractivity contribution is 6.33. The zero-order chi connectivity index (χ0) is 19.9. The molecule has 142 valence electrons. The van der Waals surface area contributed by atoms with Crippen LogP contribution >= 0.6 is 11.6 Å². The van der Waals surface area contributed by atoms with E-state index in [0.29, 0.717) is 5.75 Å². The van der Waals surface area contributed by atoms with Gasteiger partial charge in [0.25, 0.3) is 11.8 Å². The molecule has 0 radical (unpaired) electrons. The minimum absolute atomic E-state index is 0.0558. The number of carbonyl (C=O) groups excluding carboxylic acids is 2. The molecular weight excluding hydrogens is 383 g/mol. The van der Waals surface area contributed by atoms with Crippen LogP contribution in [0, 0.1) is 5.82 Å². The van der Waals surface area contributed by atoms with Crippen LogP contribution in [0.2, 0.25) is 5.02 Å². The number of amides is 2. The molecule has 0 atom stereocenters. The summed E-state index contributed by atoms with van der Waals surface area (Å²) in [6, 6.07) is 20.7. The summed E-state index contributed by atoms with van der Waals surface area (Å²) >= 11 is 5.82. The Kier molecular flexibility index (Phi) is 6.24. The van der Waals surface area contributed by atoms with Crippen LogP contribution in [0.4, 0.5) is 4.39 Å². The van der Waals surface area contributed by atoms with Gasteiger partial charge in [-0.2, -0.15) is 0 Å². The van der Waals surface area contributed by atoms with Crippen LogP contribution in [0.5, 0.6) is 5.75 Å². The van der Waals surface area contributed by atoms with E-state index in [1.165, 1.54) is 12.1 Å². The second-order valence-corrected chi connectivity index (χ2v) is 6.16. The number of benzene rings is 3. The van der Waals surface area contributed by atoms with Gasteiger partial charge in [0.05, 0.1) is 10.6 Å². The summed E-state index contributed by atoms with van der Waals surface area (Å²) in [6.45, 7) is -0.338. The van der Waals surface area contributed by atoms with E-state index in [1.54, 1.807) is 12.1 Å². The molecule has 3 rings (SSSR count). The predicted molar refractivity (Wildman–Crippen MR) is 104 cm³/mol. The first-order valence-electron chi connectivity index (χ1n) is 8.36. The zero-order valence-corrected chi connectivity index (χ0v) is 15.4. The van der Waals surface area contributed by atoms with Gasteiger partial charge in [-0.15, -0.1) is 0 Å². The number of halogens is 2. The van der Waals surface area contributed by atoms with Crippen molar-refractivity contribution in [3.05, 3.63) is 89.2 Å². The SMILES string of the molecule is O=C(COc1ccccc1-c1ccccc1)NNC(=O)c1c(F)cccc1Cl. The first-order chi connectivity index (χ1) is 13.6. The van der Waals surface area contributed by atoms with Crippen molar-refractivity contribution in [1.29, 1.82) is 0 Å². The molecule has 0 aliphatic carbocycles. The Balaban J connectivity index is 1.59. The van der Waals surface area contributed by atoms with Crippen LogP contribution in [0.15, 0.2) is 72.8 Å². The van der Waals surface area contributed by atoms with Crippen molar-refractivity contribution >= 4 is 23.4 Å². The lowest BCUT2D eigenvalue weighted by atomic mass is 10.1. The molecule has 2 N–H and O–H groups in total. The standard InChI is InChI=1S/C21H16ClFN2O3/c22-16-10-6-11-17(23)20(16)21(27)25-24-19(26)13-28-18-12-5-4-9-15(18)14-7-2-1-3-8-14/h1-12H,13H2,(H,24,26)(H,25,27). The fraction of sp³-hybridized carbons (Fsp3) is 0.0476. The number of hydrogen-bond donors (Lipinski definition) is 2. The molecule has 3 aromatic carbocycles. The maximum atomic E-state index is 13.7. The van der Waals surface area contributed by atoms with Gasteiger partial charge in [0.2, 0.25) is 0 Å². The molecule has 28 heavy (non-hydrogen) atoms. The molecular formula is C21H16ClFN2O3. The number of nitrogens with one attached hydrogen (secondary N) is 2. The maximum Gasteiger partial charge on any atom is 0.276 e. The normalized spacial score (nSPS) is 10.2. The third-order valence-corrected chi connectivity index (χ3v) is 4.15. The smallest absolute Gasteiger partial charge is 0.276 e. The van der Waals surface area contributed by atoms with Gasteiger partial charge in [0, 0.05) is 5.56 Å². The van der Waals surface area contributed by atoms with Gasteiger partial charge in [-0.05, 0) is 23.8 Å². The van der Waals surface area contributed by atoms with Crippen molar-refractivity contribution in [2.45, 2.75) is 0 Å². The maximum absolute atomic E-state index is 13.7. The van der Waals surface area contributed by atoms with Crippen LogP contribution < -0.4 is 15.6 Å². The van der Waals surface area contributed by atoms with E-state index in [-0.39, 0.29) is 17.2 Å². The lowest BCUT2D eigenvalue weighted by Crippen LogP contribution is -2.44. The van der Waals surface area contributed by atoms with Crippen LogP contribution in [0.25, 0.3) is 11.1 Å². The second kappa shape index (κ2) is 9.01. The molecule has 0 aliphatic rings. The number of hydrogen-bond acceptors (Lipinski definition) is 3. The minimum atomic E-state index is -0.860. The van der Waals surface area contributed by atoms with Crippen LogP contribution in [-0.4, -0.2) is 18.4 Å². The van der Waals surface area contributed by atoms with Gasteiger partial charge < -0.3 is 4.74 Å². The first kappa shape index (κ1) is 19.4. The second-order valence-electron chi connectivity index (χ2n) is 5.75. The summed E-state index contributed by atoms with van der Waals surface area (Å²) in [5.74, 6) is -1.73. The third-order valence-electron chi connectivity index (χ3n) is 3.84. The van der Waals surface area contributed by atoms with E-state index in [4.69, 9.17) is 16.3 Å². The average molecular weight is 399 g/mol. The quantitative estimate of drug-likeness (QED) is 0.639. The Labute approximate surface area is 166 Å². The fourth-order valence-corrected chi connectivity index (χ4v) is 2.78. The van der Waals surface area contributed by atoms with Crippen LogP contribution in [0.1, 0.15) is 10.4 Å². The van der Waals surface area contributed by atoms with E-state index in [9.17, 15) is 14.0 Å². The fourth-order valence-electron chi connectivity index (χ4n) is 2.53. The zero-order valence-electron chi connectivity index (χ0n) is 14.6. The van der Waals surface area contributed by atoms with Crippen LogP contribution in [-0.2, 0) is 4.79 Å².